The van der Waals surface area contributed by atoms with Crippen LogP contribution in [0.15, 0.2) is 12.1 Å². The number of hydrogen-bond acceptors (Lipinski definition) is 3. The standard InChI is InChI=1S/C9H8N2O2/c1-5-2-6(9(12)13)7(4-10)8(11)3-5/h2-3H,11H2,1H3,(H,12,13). The number of rotatable bonds is 1. The Bertz CT molecular complexity index is 405. The van der Waals surface area contributed by atoms with Gasteiger partial charge in [0.25, 0.3) is 0 Å². The molecule has 4 nitrogen and oxygen atoms in total. The number of anilines is 1. The van der Waals surface area contributed by atoms with Crippen LogP contribution in [-0.2, 0) is 0 Å². The Labute approximate surface area is 75.2 Å². The minimum absolute atomic E-state index is 0.0260. The molecule has 0 spiro atoms. The largest absolute Gasteiger partial charge is 0.478 e. The summed E-state index contributed by atoms with van der Waals surface area (Å²) in [5.74, 6) is -1.13. The van der Waals surface area contributed by atoms with Crippen LogP contribution >= 0.6 is 0 Å². The number of nitrogens with two attached hydrogens (primary N) is 1. The third-order valence-corrected chi connectivity index (χ3v) is 1.66. The molecule has 3 N–H and O–H groups in total. The molecule has 0 saturated heterocycles. The van der Waals surface area contributed by atoms with Gasteiger partial charge in [-0.15, -0.1) is 0 Å². The van der Waals surface area contributed by atoms with E-state index in [2.05, 4.69) is 0 Å². The van der Waals surface area contributed by atoms with Crippen molar-refractivity contribution in [3.8, 4) is 6.07 Å². The van der Waals surface area contributed by atoms with E-state index in [1.54, 1.807) is 19.1 Å². The van der Waals surface area contributed by atoms with Crippen molar-refractivity contribution >= 4 is 11.7 Å². The Morgan fingerprint density at radius 1 is 1.62 bits per heavy atom. The van der Waals surface area contributed by atoms with Crippen molar-refractivity contribution in [3.05, 3.63) is 28.8 Å². The number of carboxylic acids is 1. The van der Waals surface area contributed by atoms with E-state index in [4.69, 9.17) is 16.1 Å². The quantitative estimate of drug-likeness (QED) is 0.628. The van der Waals surface area contributed by atoms with Crippen molar-refractivity contribution < 1.29 is 9.90 Å². The first-order valence-corrected chi connectivity index (χ1v) is 3.59. The van der Waals surface area contributed by atoms with Crippen LogP contribution in [0.4, 0.5) is 5.69 Å². The highest BCUT2D eigenvalue weighted by atomic mass is 16.4. The molecule has 0 unspecified atom stereocenters. The smallest absolute Gasteiger partial charge is 0.337 e. The van der Waals surface area contributed by atoms with Gasteiger partial charge in [0.1, 0.15) is 6.07 Å². The van der Waals surface area contributed by atoms with Crippen LogP contribution in [0.25, 0.3) is 0 Å². The van der Waals surface area contributed by atoms with Crippen molar-refractivity contribution in [3.63, 3.8) is 0 Å². The zero-order valence-corrected chi connectivity index (χ0v) is 7.03. The Kier molecular flexibility index (Phi) is 2.20. The van der Waals surface area contributed by atoms with E-state index in [1.807, 2.05) is 0 Å². The van der Waals surface area contributed by atoms with Crippen LogP contribution in [0, 0.1) is 18.3 Å². The molecular formula is C9H8N2O2. The number of nitrogen functional groups attached to an aromatic ring is 1. The zero-order chi connectivity index (χ0) is 10.0. The molecule has 13 heavy (non-hydrogen) atoms. The summed E-state index contributed by atoms with van der Waals surface area (Å²) in [6, 6.07) is 4.77. The lowest BCUT2D eigenvalue weighted by Gasteiger charge is -2.03. The van der Waals surface area contributed by atoms with Gasteiger partial charge >= 0.3 is 5.97 Å². The fraction of sp³-hybridized carbons (Fsp3) is 0.111. The summed E-state index contributed by atoms with van der Waals surface area (Å²) >= 11 is 0. The third kappa shape index (κ3) is 1.59. The average molecular weight is 176 g/mol. The van der Waals surface area contributed by atoms with Gasteiger partial charge in [-0.05, 0) is 24.6 Å². The molecule has 0 aliphatic rings. The van der Waals surface area contributed by atoms with Crippen LogP contribution in [0.5, 0.6) is 0 Å². The molecule has 66 valence electrons. The number of nitriles is 1. The van der Waals surface area contributed by atoms with Gasteiger partial charge in [0.2, 0.25) is 0 Å². The number of benzene rings is 1. The van der Waals surface area contributed by atoms with Crippen molar-refractivity contribution in [1.82, 2.24) is 0 Å². The molecule has 0 heterocycles. The summed E-state index contributed by atoms with van der Waals surface area (Å²) in [5.41, 5.74) is 6.41. The van der Waals surface area contributed by atoms with Crippen molar-refractivity contribution in [2.24, 2.45) is 0 Å². The van der Waals surface area contributed by atoms with Gasteiger partial charge in [0, 0.05) is 0 Å². The molecule has 0 bridgehead atoms. The number of aromatic carboxylic acids is 1. The molecule has 0 aliphatic heterocycles. The lowest BCUT2D eigenvalue weighted by molar-refractivity contribution is 0.0696. The van der Waals surface area contributed by atoms with E-state index >= 15 is 0 Å². The van der Waals surface area contributed by atoms with Crippen LogP contribution < -0.4 is 5.73 Å². The second-order valence-electron chi connectivity index (χ2n) is 2.69. The molecule has 0 aromatic heterocycles. The molecule has 0 aliphatic carbocycles. The zero-order valence-electron chi connectivity index (χ0n) is 7.03. The number of carboxylic acid groups (broad SMARTS) is 1. The lowest BCUT2D eigenvalue weighted by atomic mass is 10.0. The number of carbonyl (C=O) groups is 1. The van der Waals surface area contributed by atoms with Gasteiger partial charge < -0.3 is 10.8 Å². The molecule has 0 radical (unpaired) electrons. The minimum Gasteiger partial charge on any atom is -0.478 e. The Morgan fingerprint density at radius 3 is 2.69 bits per heavy atom. The van der Waals surface area contributed by atoms with Crippen LogP contribution in [-0.4, -0.2) is 11.1 Å². The van der Waals surface area contributed by atoms with Gasteiger partial charge in [-0.2, -0.15) is 5.26 Å². The van der Waals surface area contributed by atoms with Gasteiger partial charge in [0.05, 0.1) is 16.8 Å². The van der Waals surface area contributed by atoms with E-state index in [9.17, 15) is 4.79 Å². The summed E-state index contributed by atoms with van der Waals surface area (Å²) in [5, 5.41) is 17.4. The molecular weight excluding hydrogens is 168 g/mol. The average Bonchev–Trinajstić information content (AvgIpc) is 2.02. The van der Waals surface area contributed by atoms with E-state index < -0.39 is 5.97 Å². The number of hydrogen-bond donors (Lipinski definition) is 2. The molecule has 0 saturated carbocycles. The Morgan fingerprint density at radius 2 is 2.23 bits per heavy atom. The predicted molar refractivity (Wildman–Crippen MR) is 47.3 cm³/mol. The third-order valence-electron chi connectivity index (χ3n) is 1.66. The van der Waals surface area contributed by atoms with Gasteiger partial charge in [-0.25, -0.2) is 4.79 Å². The molecule has 4 heteroatoms. The first-order valence-electron chi connectivity index (χ1n) is 3.59. The van der Waals surface area contributed by atoms with Crippen LogP contribution in [0.3, 0.4) is 0 Å². The van der Waals surface area contributed by atoms with E-state index in [1.165, 1.54) is 6.07 Å². The van der Waals surface area contributed by atoms with E-state index in [-0.39, 0.29) is 16.8 Å². The van der Waals surface area contributed by atoms with E-state index in [0.29, 0.717) is 0 Å². The molecule has 1 aromatic rings. The first kappa shape index (κ1) is 9.07. The monoisotopic (exact) mass is 176 g/mol. The van der Waals surface area contributed by atoms with Crippen molar-refractivity contribution in [2.45, 2.75) is 6.92 Å². The summed E-state index contributed by atoms with van der Waals surface area (Å²) in [4.78, 5) is 10.7. The second-order valence-corrected chi connectivity index (χ2v) is 2.69. The highest BCUT2D eigenvalue weighted by Crippen LogP contribution is 2.18. The summed E-state index contributed by atoms with van der Waals surface area (Å²) in [6.45, 7) is 1.73. The summed E-state index contributed by atoms with van der Waals surface area (Å²) in [6.07, 6.45) is 0. The maximum Gasteiger partial charge on any atom is 0.337 e. The first-order chi connectivity index (χ1) is 6.06. The molecule has 0 amide bonds. The SMILES string of the molecule is Cc1cc(N)c(C#N)c(C(=O)O)c1. The van der Waals surface area contributed by atoms with E-state index in [0.717, 1.165) is 5.56 Å². The highest BCUT2D eigenvalue weighted by Gasteiger charge is 2.12. The Hall–Kier alpha value is -2.02. The summed E-state index contributed by atoms with van der Waals surface area (Å²) in [7, 11) is 0. The topological polar surface area (TPSA) is 87.1 Å². The van der Waals surface area contributed by atoms with Crippen LogP contribution in [0.1, 0.15) is 21.5 Å². The van der Waals surface area contributed by atoms with Gasteiger partial charge in [-0.3, -0.25) is 0 Å². The van der Waals surface area contributed by atoms with Crippen LogP contribution in [0.2, 0.25) is 0 Å². The molecule has 0 fully saturated rings. The summed E-state index contributed by atoms with van der Waals surface area (Å²) < 4.78 is 0. The van der Waals surface area contributed by atoms with Gasteiger partial charge in [0.15, 0.2) is 0 Å². The fourth-order valence-electron chi connectivity index (χ4n) is 1.11. The molecule has 1 aromatic carbocycles. The maximum atomic E-state index is 10.7. The predicted octanol–water partition coefficient (Wildman–Crippen LogP) is 1.15. The number of nitrogens with zero attached hydrogens (tertiary/aromatic N) is 1. The van der Waals surface area contributed by atoms with Crippen molar-refractivity contribution in [2.75, 3.05) is 5.73 Å². The number of aryl methyl sites for hydroxylation is 1. The second kappa shape index (κ2) is 3.15. The molecule has 0 atom stereocenters. The normalized spacial score (nSPS) is 9.23. The van der Waals surface area contributed by atoms with Crippen molar-refractivity contribution in [1.29, 1.82) is 5.26 Å². The minimum atomic E-state index is -1.13. The van der Waals surface area contributed by atoms with Gasteiger partial charge in [-0.1, -0.05) is 0 Å². The molecule has 1 rings (SSSR count). The fourth-order valence-corrected chi connectivity index (χ4v) is 1.11. The Balaban J connectivity index is 3.50. The lowest BCUT2D eigenvalue weighted by Crippen LogP contribution is -2.04. The highest BCUT2D eigenvalue weighted by molar-refractivity contribution is 5.93. The maximum absolute atomic E-state index is 10.7.